The number of anilines is 2. The van der Waals surface area contributed by atoms with Crippen molar-refractivity contribution in [1.29, 1.82) is 0 Å². The fraction of sp³-hybridized carbons (Fsp3) is 0.222. The number of hydrogen-bond donors (Lipinski definition) is 1. The van der Waals surface area contributed by atoms with Gasteiger partial charge in [0.25, 0.3) is 0 Å². The minimum Gasteiger partial charge on any atom is -0.423 e. The Balaban J connectivity index is 1.74. The fourth-order valence-corrected chi connectivity index (χ4v) is 3.03. The van der Waals surface area contributed by atoms with Crippen LogP contribution in [0, 0.1) is 6.92 Å². The topological polar surface area (TPSA) is 58.6 Å². The van der Waals surface area contributed by atoms with Crippen LogP contribution in [0.15, 0.2) is 47.4 Å². The predicted octanol–water partition coefficient (Wildman–Crippen LogP) is 3.08. The second-order valence-corrected chi connectivity index (χ2v) is 6.46. The molecular formula is C18H18N2O3S. The number of thioether (sulfide) groups is 1. The number of nitrogens with one attached hydrogen (secondary N) is 1. The molecular weight excluding hydrogens is 324 g/mol. The van der Waals surface area contributed by atoms with E-state index in [1.165, 1.54) is 0 Å². The van der Waals surface area contributed by atoms with Crippen molar-refractivity contribution in [3.8, 4) is 5.75 Å². The van der Waals surface area contributed by atoms with Gasteiger partial charge in [-0.05, 0) is 49.1 Å². The lowest BCUT2D eigenvalue weighted by Crippen LogP contribution is -2.41. The van der Waals surface area contributed by atoms with E-state index in [2.05, 4.69) is 5.32 Å². The van der Waals surface area contributed by atoms with Gasteiger partial charge in [-0.1, -0.05) is 12.1 Å². The second kappa shape index (κ2) is 6.97. The molecule has 0 aliphatic carbocycles. The van der Waals surface area contributed by atoms with Gasteiger partial charge in [-0.2, -0.15) is 0 Å². The van der Waals surface area contributed by atoms with Gasteiger partial charge >= 0.3 is 5.97 Å². The smallest absolute Gasteiger partial charge is 0.331 e. The first-order valence-electron chi connectivity index (χ1n) is 7.55. The third-order valence-corrected chi connectivity index (χ3v) is 4.41. The van der Waals surface area contributed by atoms with E-state index in [-0.39, 0.29) is 25.0 Å². The van der Waals surface area contributed by atoms with E-state index < -0.39 is 0 Å². The van der Waals surface area contributed by atoms with Crippen molar-refractivity contribution < 1.29 is 14.3 Å². The number of rotatable bonds is 4. The summed E-state index contributed by atoms with van der Waals surface area (Å²) in [6, 6.07) is 13.2. The van der Waals surface area contributed by atoms with Crippen LogP contribution in [0.5, 0.6) is 5.75 Å². The second-order valence-electron chi connectivity index (χ2n) is 5.58. The van der Waals surface area contributed by atoms with Crippen molar-refractivity contribution in [2.24, 2.45) is 0 Å². The number of carbonyl (C=O) groups excluding carboxylic acids is 2. The highest BCUT2D eigenvalue weighted by Gasteiger charge is 2.25. The third kappa shape index (κ3) is 3.71. The molecule has 1 N–H and O–H groups in total. The molecule has 124 valence electrons. The Hall–Kier alpha value is -2.47. The number of fused-ring (bicyclic) bond motifs is 1. The molecule has 0 fully saturated rings. The molecule has 2 aromatic rings. The summed E-state index contributed by atoms with van der Waals surface area (Å²) in [5.41, 5.74) is 2.56. The van der Waals surface area contributed by atoms with Gasteiger partial charge in [0.15, 0.2) is 5.75 Å². The molecule has 24 heavy (non-hydrogen) atoms. The zero-order valence-corrected chi connectivity index (χ0v) is 14.4. The summed E-state index contributed by atoms with van der Waals surface area (Å²) in [5.74, 6) is -0.0343. The largest absolute Gasteiger partial charge is 0.423 e. The average Bonchev–Trinajstić information content (AvgIpc) is 2.55. The molecule has 1 aliphatic heterocycles. The summed E-state index contributed by atoms with van der Waals surface area (Å²) in [6.45, 7) is 2.12. The highest BCUT2D eigenvalue weighted by Crippen LogP contribution is 2.32. The molecule has 3 rings (SSSR count). The molecule has 0 saturated heterocycles. The third-order valence-electron chi connectivity index (χ3n) is 3.69. The van der Waals surface area contributed by atoms with Crippen molar-refractivity contribution in [2.45, 2.75) is 11.8 Å². The first-order valence-corrected chi connectivity index (χ1v) is 8.78. The van der Waals surface area contributed by atoms with Crippen LogP contribution in [0.3, 0.4) is 0 Å². The maximum Gasteiger partial charge on any atom is 0.331 e. The monoisotopic (exact) mass is 342 g/mol. The molecule has 6 heteroatoms. The summed E-state index contributed by atoms with van der Waals surface area (Å²) in [5, 5.41) is 2.88. The summed E-state index contributed by atoms with van der Waals surface area (Å²) >= 11 is 1.62. The molecule has 0 unspecified atom stereocenters. The van der Waals surface area contributed by atoms with Crippen LogP contribution in [0.4, 0.5) is 11.4 Å². The quantitative estimate of drug-likeness (QED) is 0.526. The van der Waals surface area contributed by atoms with Crippen LogP contribution in [0.25, 0.3) is 0 Å². The Bertz CT molecular complexity index is 792. The minimum absolute atomic E-state index is 0.0642. The van der Waals surface area contributed by atoms with Crippen LogP contribution in [0.2, 0.25) is 0 Å². The van der Waals surface area contributed by atoms with Crippen molar-refractivity contribution >= 4 is 35.0 Å². The number of amides is 1. The van der Waals surface area contributed by atoms with Crippen molar-refractivity contribution in [3.63, 3.8) is 0 Å². The van der Waals surface area contributed by atoms with Crippen molar-refractivity contribution in [1.82, 2.24) is 0 Å². The van der Waals surface area contributed by atoms with E-state index in [0.717, 1.165) is 21.8 Å². The molecule has 2 aromatic carbocycles. The molecule has 0 radical (unpaired) electrons. The molecule has 0 aromatic heterocycles. The molecule has 0 atom stereocenters. The first kappa shape index (κ1) is 16.4. The highest BCUT2D eigenvalue weighted by molar-refractivity contribution is 7.98. The van der Waals surface area contributed by atoms with E-state index in [1.807, 2.05) is 49.6 Å². The number of nitrogens with zero attached hydrogens (tertiary/aromatic N) is 1. The van der Waals surface area contributed by atoms with Crippen LogP contribution < -0.4 is 15.0 Å². The van der Waals surface area contributed by atoms with Gasteiger partial charge in [0.05, 0.1) is 12.2 Å². The summed E-state index contributed by atoms with van der Waals surface area (Å²) in [6.07, 6.45) is 1.99. The van der Waals surface area contributed by atoms with Gasteiger partial charge in [0.1, 0.15) is 6.54 Å². The van der Waals surface area contributed by atoms with Gasteiger partial charge < -0.3 is 15.0 Å². The van der Waals surface area contributed by atoms with Crippen molar-refractivity contribution in [3.05, 3.63) is 48.0 Å². The van der Waals surface area contributed by atoms with Gasteiger partial charge in [0.2, 0.25) is 5.91 Å². The van der Waals surface area contributed by atoms with Crippen LogP contribution in [-0.4, -0.2) is 31.2 Å². The SMILES string of the molecule is CSc1cccc(NC(=O)CN2CC(=O)Oc3ccc(C)cc32)c1. The number of carbonyl (C=O) groups is 2. The molecule has 5 nitrogen and oxygen atoms in total. The number of ether oxygens (including phenoxy) is 1. The standard InChI is InChI=1S/C18H18N2O3S/c1-12-6-7-16-15(8-12)20(11-18(22)23-16)10-17(21)19-13-4-3-5-14(9-13)24-2/h3-9H,10-11H2,1-2H3,(H,19,21). The Morgan fingerprint density at radius 1 is 1.29 bits per heavy atom. The predicted molar refractivity (Wildman–Crippen MR) is 95.9 cm³/mol. The summed E-state index contributed by atoms with van der Waals surface area (Å²) in [4.78, 5) is 26.9. The van der Waals surface area contributed by atoms with Gasteiger partial charge in [0, 0.05) is 10.6 Å². The molecule has 1 aliphatic rings. The number of aryl methyl sites for hydroxylation is 1. The van der Waals surface area contributed by atoms with Gasteiger partial charge in [-0.3, -0.25) is 4.79 Å². The first-order chi connectivity index (χ1) is 11.5. The number of esters is 1. The zero-order valence-electron chi connectivity index (χ0n) is 13.5. The van der Waals surface area contributed by atoms with Gasteiger partial charge in [-0.15, -0.1) is 11.8 Å². The minimum atomic E-state index is -0.358. The maximum absolute atomic E-state index is 12.4. The highest BCUT2D eigenvalue weighted by atomic mass is 32.2. The fourth-order valence-electron chi connectivity index (χ4n) is 2.57. The number of hydrogen-bond acceptors (Lipinski definition) is 5. The van der Waals surface area contributed by atoms with Crippen LogP contribution >= 0.6 is 11.8 Å². The van der Waals surface area contributed by atoms with E-state index >= 15 is 0 Å². The average molecular weight is 342 g/mol. The molecule has 1 heterocycles. The Morgan fingerprint density at radius 2 is 2.12 bits per heavy atom. The normalized spacial score (nSPS) is 13.2. The summed E-state index contributed by atoms with van der Waals surface area (Å²) < 4.78 is 5.23. The Kier molecular flexibility index (Phi) is 4.76. The van der Waals surface area contributed by atoms with Crippen LogP contribution in [0.1, 0.15) is 5.56 Å². The van der Waals surface area contributed by atoms with E-state index in [1.54, 1.807) is 22.7 Å². The molecule has 1 amide bonds. The Labute approximate surface area is 145 Å². The lowest BCUT2D eigenvalue weighted by molar-refractivity contribution is -0.133. The Morgan fingerprint density at radius 3 is 2.92 bits per heavy atom. The summed E-state index contributed by atoms with van der Waals surface area (Å²) in [7, 11) is 0. The van der Waals surface area contributed by atoms with Crippen molar-refractivity contribution in [2.75, 3.05) is 29.6 Å². The lowest BCUT2D eigenvalue weighted by atomic mass is 10.1. The van der Waals surface area contributed by atoms with E-state index in [4.69, 9.17) is 4.74 Å². The van der Waals surface area contributed by atoms with Gasteiger partial charge in [-0.25, -0.2) is 4.79 Å². The van der Waals surface area contributed by atoms with E-state index in [9.17, 15) is 9.59 Å². The molecule has 0 bridgehead atoms. The van der Waals surface area contributed by atoms with Crippen LogP contribution in [-0.2, 0) is 9.59 Å². The lowest BCUT2D eigenvalue weighted by Gasteiger charge is -2.29. The van der Waals surface area contributed by atoms with E-state index in [0.29, 0.717) is 5.75 Å². The maximum atomic E-state index is 12.4. The molecule has 0 saturated carbocycles. The number of benzene rings is 2. The molecule has 0 spiro atoms. The zero-order chi connectivity index (χ0) is 17.1.